The molecule has 1 aliphatic rings. The summed E-state index contributed by atoms with van der Waals surface area (Å²) in [4.78, 5) is 12.9. The van der Waals surface area contributed by atoms with Gasteiger partial charge < -0.3 is 15.8 Å². The number of thiophene rings is 1. The number of nitrogens with one attached hydrogen (secondary N) is 1. The summed E-state index contributed by atoms with van der Waals surface area (Å²) in [7, 11) is 1.66. The molecular formula is C16H19ClN2O2S. The van der Waals surface area contributed by atoms with Gasteiger partial charge in [0, 0.05) is 4.88 Å². The average molecular weight is 339 g/mol. The van der Waals surface area contributed by atoms with Crippen LogP contribution in [0, 0.1) is 0 Å². The molecule has 6 heteroatoms. The Hall–Kier alpha value is -1.56. The highest BCUT2D eigenvalue weighted by atomic mass is 35.5. The number of halogens is 1. The molecule has 1 saturated carbocycles. The summed E-state index contributed by atoms with van der Waals surface area (Å²) < 4.78 is 5.16. The lowest BCUT2D eigenvalue weighted by Crippen LogP contribution is -2.42. The maximum Gasteiger partial charge on any atom is 0.240 e. The van der Waals surface area contributed by atoms with E-state index in [1.807, 2.05) is 24.3 Å². The van der Waals surface area contributed by atoms with Crippen molar-refractivity contribution < 1.29 is 9.53 Å². The second-order valence-corrected chi connectivity index (χ2v) is 6.36. The first-order valence-corrected chi connectivity index (χ1v) is 7.78. The van der Waals surface area contributed by atoms with Gasteiger partial charge in [0.05, 0.1) is 19.2 Å². The zero-order valence-corrected chi connectivity index (χ0v) is 13.9. The van der Waals surface area contributed by atoms with Gasteiger partial charge in [-0.25, -0.2) is 0 Å². The van der Waals surface area contributed by atoms with Crippen molar-refractivity contribution in [2.45, 2.75) is 24.9 Å². The molecule has 3 rings (SSSR count). The van der Waals surface area contributed by atoms with E-state index < -0.39 is 5.54 Å². The third kappa shape index (κ3) is 3.61. The normalized spacial score (nSPS) is 14.8. The van der Waals surface area contributed by atoms with Gasteiger partial charge >= 0.3 is 0 Å². The van der Waals surface area contributed by atoms with Crippen LogP contribution in [-0.2, 0) is 11.3 Å². The van der Waals surface area contributed by atoms with Gasteiger partial charge in [-0.3, -0.25) is 4.79 Å². The minimum absolute atomic E-state index is 0. The molecule has 2 aromatic rings. The van der Waals surface area contributed by atoms with Crippen LogP contribution in [0.5, 0.6) is 5.75 Å². The molecule has 1 aromatic heterocycles. The Labute approximate surface area is 140 Å². The van der Waals surface area contributed by atoms with E-state index >= 15 is 0 Å². The second-order valence-electron chi connectivity index (χ2n) is 5.37. The standard InChI is InChI=1S/C16H18N2O2S.ClH/c1-20-13-4-2-11(3-5-13)12-8-14(21-10-12)9-18-15(19)16(17)6-7-16;/h2-5,8,10H,6-7,9,17H2,1H3,(H,18,19);1H. The van der Waals surface area contributed by atoms with Crippen molar-refractivity contribution in [1.82, 2.24) is 5.32 Å². The molecule has 0 saturated heterocycles. The second kappa shape index (κ2) is 6.69. The van der Waals surface area contributed by atoms with Crippen LogP contribution in [0.15, 0.2) is 35.7 Å². The molecule has 0 spiro atoms. The van der Waals surface area contributed by atoms with Crippen LogP contribution in [0.1, 0.15) is 17.7 Å². The first-order chi connectivity index (χ1) is 10.1. The molecule has 0 atom stereocenters. The fourth-order valence-electron chi connectivity index (χ4n) is 2.11. The number of amides is 1. The van der Waals surface area contributed by atoms with Gasteiger partial charge in [-0.2, -0.15) is 0 Å². The Morgan fingerprint density at radius 1 is 1.32 bits per heavy atom. The minimum atomic E-state index is -0.601. The number of benzene rings is 1. The number of rotatable bonds is 5. The summed E-state index contributed by atoms with van der Waals surface area (Å²) in [6.45, 7) is 0.540. The van der Waals surface area contributed by atoms with Crippen molar-refractivity contribution in [2.24, 2.45) is 5.73 Å². The fraction of sp³-hybridized carbons (Fsp3) is 0.312. The summed E-state index contributed by atoms with van der Waals surface area (Å²) in [6, 6.07) is 10.0. The molecule has 3 N–H and O–H groups in total. The molecule has 0 bridgehead atoms. The molecule has 1 amide bonds. The molecule has 1 aromatic carbocycles. The third-order valence-corrected chi connectivity index (χ3v) is 4.68. The molecule has 0 aliphatic heterocycles. The lowest BCUT2D eigenvalue weighted by molar-refractivity contribution is -0.123. The lowest BCUT2D eigenvalue weighted by atomic mass is 10.1. The molecule has 118 valence electrons. The monoisotopic (exact) mass is 338 g/mol. The number of methoxy groups -OCH3 is 1. The molecule has 0 radical (unpaired) electrons. The SMILES string of the molecule is COc1ccc(-c2csc(CNC(=O)C3(N)CC3)c2)cc1.Cl. The van der Waals surface area contributed by atoms with Gasteiger partial charge in [-0.1, -0.05) is 12.1 Å². The molecule has 1 heterocycles. The summed E-state index contributed by atoms with van der Waals surface area (Å²) in [5.74, 6) is 0.807. The van der Waals surface area contributed by atoms with Crippen molar-refractivity contribution in [1.29, 1.82) is 0 Å². The average Bonchev–Trinajstić information content (AvgIpc) is 3.10. The van der Waals surface area contributed by atoms with E-state index in [9.17, 15) is 4.79 Å². The van der Waals surface area contributed by atoms with Crippen LogP contribution in [0.4, 0.5) is 0 Å². The molecule has 22 heavy (non-hydrogen) atoms. The van der Waals surface area contributed by atoms with Gasteiger partial charge in [0.25, 0.3) is 0 Å². The summed E-state index contributed by atoms with van der Waals surface area (Å²) in [5, 5.41) is 5.01. The van der Waals surface area contributed by atoms with E-state index in [1.54, 1.807) is 18.4 Å². The highest BCUT2D eigenvalue weighted by Crippen LogP contribution is 2.32. The van der Waals surface area contributed by atoms with Crippen molar-refractivity contribution in [3.8, 4) is 16.9 Å². The van der Waals surface area contributed by atoms with Crippen LogP contribution < -0.4 is 15.8 Å². The lowest BCUT2D eigenvalue weighted by Gasteiger charge is -2.08. The number of hydrogen-bond donors (Lipinski definition) is 2. The van der Waals surface area contributed by atoms with Crippen molar-refractivity contribution >= 4 is 29.7 Å². The molecule has 1 aliphatic carbocycles. The van der Waals surface area contributed by atoms with E-state index in [0.29, 0.717) is 6.54 Å². The Bertz CT molecular complexity index is 650. The van der Waals surface area contributed by atoms with Gasteiger partial charge in [0.15, 0.2) is 0 Å². The third-order valence-electron chi connectivity index (χ3n) is 3.74. The predicted octanol–water partition coefficient (Wildman–Crippen LogP) is 2.95. The Morgan fingerprint density at radius 2 is 2.00 bits per heavy atom. The van der Waals surface area contributed by atoms with Gasteiger partial charge in [0.2, 0.25) is 5.91 Å². The van der Waals surface area contributed by atoms with Crippen LogP contribution >= 0.6 is 23.7 Å². The van der Waals surface area contributed by atoms with Crippen LogP contribution in [0.2, 0.25) is 0 Å². The Balaban J connectivity index is 0.00000176. The predicted molar refractivity (Wildman–Crippen MR) is 91.6 cm³/mol. The summed E-state index contributed by atoms with van der Waals surface area (Å²) >= 11 is 1.64. The largest absolute Gasteiger partial charge is 0.497 e. The number of ether oxygens (including phenoxy) is 1. The smallest absolute Gasteiger partial charge is 0.240 e. The highest BCUT2D eigenvalue weighted by molar-refractivity contribution is 7.10. The summed E-state index contributed by atoms with van der Waals surface area (Å²) in [5.41, 5.74) is 7.55. The van der Waals surface area contributed by atoms with Crippen molar-refractivity contribution in [3.05, 3.63) is 40.6 Å². The summed E-state index contributed by atoms with van der Waals surface area (Å²) in [6.07, 6.45) is 1.58. The highest BCUT2D eigenvalue weighted by Gasteiger charge is 2.45. The number of nitrogens with two attached hydrogens (primary N) is 1. The molecule has 4 nitrogen and oxygen atoms in total. The Morgan fingerprint density at radius 3 is 2.59 bits per heavy atom. The van der Waals surface area contributed by atoms with E-state index in [0.717, 1.165) is 34.6 Å². The first kappa shape index (κ1) is 16.8. The van der Waals surface area contributed by atoms with Crippen LogP contribution in [-0.4, -0.2) is 18.6 Å². The van der Waals surface area contributed by atoms with Crippen molar-refractivity contribution in [3.63, 3.8) is 0 Å². The van der Waals surface area contributed by atoms with E-state index in [4.69, 9.17) is 10.5 Å². The van der Waals surface area contributed by atoms with Crippen LogP contribution in [0.3, 0.4) is 0 Å². The zero-order valence-electron chi connectivity index (χ0n) is 12.3. The number of hydrogen-bond acceptors (Lipinski definition) is 4. The van der Waals surface area contributed by atoms with Gasteiger partial charge in [0.1, 0.15) is 5.75 Å². The van der Waals surface area contributed by atoms with Gasteiger partial charge in [-0.05, 0) is 47.5 Å². The van der Waals surface area contributed by atoms with E-state index in [1.165, 1.54) is 0 Å². The zero-order chi connectivity index (χ0) is 14.9. The van der Waals surface area contributed by atoms with E-state index in [-0.39, 0.29) is 18.3 Å². The van der Waals surface area contributed by atoms with E-state index in [2.05, 4.69) is 16.8 Å². The Kier molecular flexibility index (Phi) is 5.11. The molecular weight excluding hydrogens is 320 g/mol. The fourth-order valence-corrected chi connectivity index (χ4v) is 2.95. The number of carbonyl (C=O) groups is 1. The minimum Gasteiger partial charge on any atom is -0.497 e. The maximum atomic E-state index is 11.8. The first-order valence-electron chi connectivity index (χ1n) is 6.90. The molecule has 1 fully saturated rings. The topological polar surface area (TPSA) is 64.3 Å². The van der Waals surface area contributed by atoms with Gasteiger partial charge in [-0.15, -0.1) is 23.7 Å². The maximum absolute atomic E-state index is 11.8. The van der Waals surface area contributed by atoms with Crippen molar-refractivity contribution in [2.75, 3.05) is 7.11 Å². The van der Waals surface area contributed by atoms with Crippen LogP contribution in [0.25, 0.3) is 11.1 Å². The quantitative estimate of drug-likeness (QED) is 0.881. The number of carbonyl (C=O) groups excluding carboxylic acids is 1. The molecule has 0 unspecified atom stereocenters.